The molecule has 1 aromatic heterocycles. The van der Waals surface area contributed by atoms with E-state index in [0.29, 0.717) is 28.4 Å². The summed E-state index contributed by atoms with van der Waals surface area (Å²) < 4.78 is 1.62. The number of nitrogens with two attached hydrogens (primary N) is 1. The number of aryl methyl sites for hydroxylation is 2. The number of hydrogen-bond acceptors (Lipinski definition) is 3. The third kappa shape index (κ3) is 2.88. The van der Waals surface area contributed by atoms with E-state index in [9.17, 15) is 4.79 Å². The van der Waals surface area contributed by atoms with Crippen molar-refractivity contribution in [3.63, 3.8) is 0 Å². The Labute approximate surface area is 116 Å². The van der Waals surface area contributed by atoms with Gasteiger partial charge in [-0.15, -0.1) is 0 Å². The molecule has 0 saturated carbocycles. The van der Waals surface area contributed by atoms with Gasteiger partial charge < -0.3 is 11.1 Å². The van der Waals surface area contributed by atoms with E-state index in [2.05, 4.69) is 10.4 Å². The van der Waals surface area contributed by atoms with Crippen LogP contribution in [0.25, 0.3) is 0 Å². The number of anilines is 2. The Kier molecular flexibility index (Phi) is 3.76. The molecule has 0 bridgehead atoms. The minimum Gasteiger partial charge on any atom is -0.397 e. The van der Waals surface area contributed by atoms with Crippen molar-refractivity contribution in [2.45, 2.75) is 13.3 Å². The number of nitrogens with zero attached hydrogens (tertiary/aromatic N) is 2. The highest BCUT2D eigenvalue weighted by molar-refractivity contribution is 6.31. The van der Waals surface area contributed by atoms with Gasteiger partial charge in [-0.05, 0) is 24.6 Å². The second-order valence-corrected chi connectivity index (χ2v) is 4.64. The minimum atomic E-state index is -0.237. The van der Waals surface area contributed by atoms with Crippen molar-refractivity contribution >= 4 is 28.9 Å². The topological polar surface area (TPSA) is 72.9 Å². The van der Waals surface area contributed by atoms with E-state index < -0.39 is 0 Å². The van der Waals surface area contributed by atoms with Gasteiger partial charge in [0.15, 0.2) is 0 Å². The van der Waals surface area contributed by atoms with Crippen LogP contribution in [0.2, 0.25) is 5.02 Å². The van der Waals surface area contributed by atoms with E-state index in [-0.39, 0.29) is 5.91 Å². The van der Waals surface area contributed by atoms with Crippen LogP contribution in [-0.4, -0.2) is 15.7 Å². The SMILES string of the molecule is CCc1nn(C)cc1C(=O)Nc1cc(Cl)ccc1N. The fourth-order valence-corrected chi connectivity index (χ4v) is 1.98. The van der Waals surface area contributed by atoms with Crippen molar-refractivity contribution in [2.24, 2.45) is 7.05 Å². The number of carbonyl (C=O) groups is 1. The number of halogens is 1. The summed E-state index contributed by atoms with van der Waals surface area (Å²) in [5.41, 5.74) is 8.07. The molecule has 1 amide bonds. The highest BCUT2D eigenvalue weighted by atomic mass is 35.5. The van der Waals surface area contributed by atoms with E-state index in [1.165, 1.54) is 0 Å². The second-order valence-electron chi connectivity index (χ2n) is 4.20. The molecule has 0 saturated heterocycles. The predicted octanol–water partition coefficient (Wildman–Crippen LogP) is 2.47. The average molecular weight is 279 g/mol. The Balaban J connectivity index is 2.27. The lowest BCUT2D eigenvalue weighted by molar-refractivity contribution is 0.102. The standard InChI is InChI=1S/C13H15ClN4O/c1-3-11-9(7-18(2)17-11)13(19)16-12-6-8(14)4-5-10(12)15/h4-7H,3,15H2,1-2H3,(H,16,19). The van der Waals surface area contributed by atoms with Gasteiger partial charge in [0.2, 0.25) is 0 Å². The van der Waals surface area contributed by atoms with Gasteiger partial charge in [0.1, 0.15) is 0 Å². The van der Waals surface area contributed by atoms with Crippen LogP contribution >= 0.6 is 11.6 Å². The van der Waals surface area contributed by atoms with Gasteiger partial charge in [0, 0.05) is 18.3 Å². The molecule has 6 heteroatoms. The monoisotopic (exact) mass is 278 g/mol. The van der Waals surface area contributed by atoms with Crippen molar-refractivity contribution in [3.05, 3.63) is 40.7 Å². The first-order valence-electron chi connectivity index (χ1n) is 5.90. The predicted molar refractivity (Wildman–Crippen MR) is 76.4 cm³/mol. The summed E-state index contributed by atoms with van der Waals surface area (Å²) in [4.78, 5) is 12.2. The molecule has 0 aliphatic carbocycles. The molecular formula is C13H15ClN4O. The van der Waals surface area contributed by atoms with Crippen molar-refractivity contribution in [3.8, 4) is 0 Å². The number of aromatic nitrogens is 2. The van der Waals surface area contributed by atoms with Crippen LogP contribution in [0.3, 0.4) is 0 Å². The summed E-state index contributed by atoms with van der Waals surface area (Å²) >= 11 is 5.89. The zero-order valence-electron chi connectivity index (χ0n) is 10.8. The lowest BCUT2D eigenvalue weighted by Gasteiger charge is -2.08. The first-order valence-corrected chi connectivity index (χ1v) is 6.28. The Morgan fingerprint density at radius 3 is 2.95 bits per heavy atom. The van der Waals surface area contributed by atoms with Gasteiger partial charge in [-0.2, -0.15) is 5.10 Å². The van der Waals surface area contributed by atoms with Crippen LogP contribution in [0.5, 0.6) is 0 Å². The smallest absolute Gasteiger partial charge is 0.259 e. The van der Waals surface area contributed by atoms with Crippen molar-refractivity contribution in [1.82, 2.24) is 9.78 Å². The number of amides is 1. The highest BCUT2D eigenvalue weighted by Crippen LogP contribution is 2.23. The van der Waals surface area contributed by atoms with Crippen LogP contribution in [-0.2, 0) is 13.5 Å². The molecule has 0 radical (unpaired) electrons. The summed E-state index contributed by atoms with van der Waals surface area (Å²) in [6, 6.07) is 4.95. The van der Waals surface area contributed by atoms with E-state index >= 15 is 0 Å². The normalized spacial score (nSPS) is 10.5. The van der Waals surface area contributed by atoms with Crippen LogP contribution in [0.4, 0.5) is 11.4 Å². The molecule has 0 aliphatic rings. The molecule has 0 atom stereocenters. The van der Waals surface area contributed by atoms with Gasteiger partial charge in [-0.3, -0.25) is 9.48 Å². The number of hydrogen-bond donors (Lipinski definition) is 2. The van der Waals surface area contributed by atoms with Crippen molar-refractivity contribution in [2.75, 3.05) is 11.1 Å². The van der Waals surface area contributed by atoms with Crippen molar-refractivity contribution < 1.29 is 4.79 Å². The molecule has 0 aliphatic heterocycles. The molecular weight excluding hydrogens is 264 g/mol. The third-order valence-electron chi connectivity index (χ3n) is 2.75. The molecule has 5 nitrogen and oxygen atoms in total. The molecule has 19 heavy (non-hydrogen) atoms. The van der Waals surface area contributed by atoms with E-state index in [4.69, 9.17) is 17.3 Å². The fourth-order valence-electron chi connectivity index (χ4n) is 1.81. The maximum atomic E-state index is 12.2. The zero-order chi connectivity index (χ0) is 14.0. The van der Waals surface area contributed by atoms with Crippen LogP contribution in [0, 0.1) is 0 Å². The van der Waals surface area contributed by atoms with Gasteiger partial charge in [0.05, 0.1) is 22.6 Å². The first kappa shape index (κ1) is 13.4. The highest BCUT2D eigenvalue weighted by Gasteiger charge is 2.15. The van der Waals surface area contributed by atoms with Crippen LogP contribution in [0.15, 0.2) is 24.4 Å². The number of carbonyl (C=O) groups excluding carboxylic acids is 1. The summed E-state index contributed by atoms with van der Waals surface area (Å²) in [7, 11) is 1.78. The van der Waals surface area contributed by atoms with E-state index in [0.717, 1.165) is 5.69 Å². The molecule has 100 valence electrons. The second kappa shape index (κ2) is 5.32. The molecule has 2 aromatic rings. The zero-order valence-corrected chi connectivity index (χ0v) is 11.5. The number of rotatable bonds is 3. The van der Waals surface area contributed by atoms with Crippen molar-refractivity contribution in [1.29, 1.82) is 0 Å². The Hall–Kier alpha value is -2.01. The summed E-state index contributed by atoms with van der Waals surface area (Å²) in [6.45, 7) is 1.95. The van der Waals surface area contributed by atoms with Gasteiger partial charge in [0.25, 0.3) is 5.91 Å². The molecule has 3 N–H and O–H groups in total. The number of nitrogen functional groups attached to an aromatic ring is 1. The van der Waals surface area contributed by atoms with Gasteiger partial charge >= 0.3 is 0 Å². The molecule has 1 aromatic carbocycles. The Morgan fingerprint density at radius 2 is 2.26 bits per heavy atom. The quantitative estimate of drug-likeness (QED) is 0.847. The third-order valence-corrected chi connectivity index (χ3v) is 2.98. The molecule has 2 rings (SSSR count). The van der Waals surface area contributed by atoms with E-state index in [1.54, 1.807) is 36.1 Å². The molecule has 0 fully saturated rings. The minimum absolute atomic E-state index is 0.237. The summed E-state index contributed by atoms with van der Waals surface area (Å²) in [5.74, 6) is -0.237. The first-order chi connectivity index (χ1) is 9.01. The largest absolute Gasteiger partial charge is 0.397 e. The molecule has 0 spiro atoms. The molecule has 1 heterocycles. The summed E-state index contributed by atoms with van der Waals surface area (Å²) in [5, 5.41) is 7.50. The van der Waals surface area contributed by atoms with Crippen LogP contribution < -0.4 is 11.1 Å². The Bertz CT molecular complexity index is 621. The average Bonchev–Trinajstić information content (AvgIpc) is 2.75. The van der Waals surface area contributed by atoms with E-state index in [1.807, 2.05) is 6.92 Å². The van der Waals surface area contributed by atoms with Crippen LogP contribution in [0.1, 0.15) is 23.0 Å². The maximum absolute atomic E-state index is 12.2. The maximum Gasteiger partial charge on any atom is 0.259 e. The number of nitrogens with one attached hydrogen (secondary N) is 1. The summed E-state index contributed by atoms with van der Waals surface area (Å²) in [6.07, 6.45) is 2.38. The Morgan fingerprint density at radius 1 is 1.53 bits per heavy atom. The van der Waals surface area contributed by atoms with Gasteiger partial charge in [-0.1, -0.05) is 18.5 Å². The lowest BCUT2D eigenvalue weighted by atomic mass is 10.2. The fraction of sp³-hybridized carbons (Fsp3) is 0.231. The molecule has 0 unspecified atom stereocenters. The number of benzene rings is 1. The van der Waals surface area contributed by atoms with Gasteiger partial charge in [-0.25, -0.2) is 0 Å². The lowest BCUT2D eigenvalue weighted by Crippen LogP contribution is -2.14.